The number of ether oxygens (including phenoxy) is 1. The number of nitrogens with zero attached hydrogens (tertiary/aromatic N) is 2. The lowest BCUT2D eigenvalue weighted by Crippen LogP contribution is -1.98. The minimum absolute atomic E-state index is 0.377. The van der Waals surface area contributed by atoms with E-state index >= 15 is 0 Å². The molecule has 0 saturated carbocycles. The average molecular weight is 307 g/mol. The molecule has 3 rings (SSSR count). The Morgan fingerprint density at radius 2 is 2.10 bits per heavy atom. The van der Waals surface area contributed by atoms with Gasteiger partial charge in [0, 0.05) is 28.0 Å². The molecule has 0 N–H and O–H groups in total. The molecule has 0 saturated heterocycles. The number of rotatable bonds is 3. The van der Waals surface area contributed by atoms with Crippen LogP contribution in [-0.2, 0) is 6.61 Å². The van der Waals surface area contributed by atoms with Crippen molar-refractivity contribution in [3.8, 4) is 5.75 Å². The van der Waals surface area contributed by atoms with Crippen molar-refractivity contribution in [2.24, 2.45) is 0 Å². The Morgan fingerprint density at radius 3 is 2.90 bits per heavy atom. The number of benzene rings is 1. The van der Waals surface area contributed by atoms with E-state index in [2.05, 4.69) is 4.98 Å². The van der Waals surface area contributed by atoms with Crippen molar-refractivity contribution in [1.29, 1.82) is 0 Å². The summed E-state index contributed by atoms with van der Waals surface area (Å²) in [5.74, 6) is 0.728. The van der Waals surface area contributed by atoms with E-state index < -0.39 is 0 Å². The molecule has 0 atom stereocenters. The van der Waals surface area contributed by atoms with Crippen LogP contribution in [0.5, 0.6) is 5.75 Å². The molecular weight excluding hydrogens is 295 g/mol. The Hall–Kier alpha value is -1.71. The van der Waals surface area contributed by atoms with Gasteiger partial charge in [-0.3, -0.25) is 0 Å². The Kier molecular flexibility index (Phi) is 3.55. The SMILES string of the molecule is Cc1cn2cccc(OCc3ccc(Cl)cc3Cl)c2n1. The van der Waals surface area contributed by atoms with Crippen molar-refractivity contribution in [3.63, 3.8) is 0 Å². The summed E-state index contributed by atoms with van der Waals surface area (Å²) in [5, 5.41) is 1.22. The summed E-state index contributed by atoms with van der Waals surface area (Å²) < 4.78 is 7.77. The van der Waals surface area contributed by atoms with Crippen LogP contribution in [-0.4, -0.2) is 9.38 Å². The first-order chi connectivity index (χ1) is 9.63. The van der Waals surface area contributed by atoms with Crippen LogP contribution in [0.15, 0.2) is 42.7 Å². The van der Waals surface area contributed by atoms with Gasteiger partial charge in [-0.1, -0.05) is 29.3 Å². The van der Waals surface area contributed by atoms with Crippen LogP contribution < -0.4 is 4.74 Å². The second-order valence-electron chi connectivity index (χ2n) is 4.51. The van der Waals surface area contributed by atoms with Crippen molar-refractivity contribution >= 4 is 28.8 Å². The number of aryl methyl sites for hydroxylation is 1. The van der Waals surface area contributed by atoms with Crippen molar-refractivity contribution < 1.29 is 4.74 Å². The molecule has 0 aliphatic rings. The normalized spacial score (nSPS) is 10.9. The van der Waals surface area contributed by atoms with Crippen molar-refractivity contribution in [2.75, 3.05) is 0 Å². The summed E-state index contributed by atoms with van der Waals surface area (Å²) in [7, 11) is 0. The molecule has 0 radical (unpaired) electrons. The highest BCUT2D eigenvalue weighted by atomic mass is 35.5. The summed E-state index contributed by atoms with van der Waals surface area (Å²) in [6.45, 7) is 2.33. The number of fused-ring (bicyclic) bond motifs is 1. The number of hydrogen-bond donors (Lipinski definition) is 0. The monoisotopic (exact) mass is 306 g/mol. The summed E-state index contributed by atoms with van der Waals surface area (Å²) in [4.78, 5) is 4.45. The average Bonchev–Trinajstić information content (AvgIpc) is 2.78. The van der Waals surface area contributed by atoms with Gasteiger partial charge >= 0.3 is 0 Å². The van der Waals surface area contributed by atoms with Gasteiger partial charge in [0.25, 0.3) is 0 Å². The summed E-state index contributed by atoms with van der Waals surface area (Å²) >= 11 is 12.0. The highest BCUT2D eigenvalue weighted by Gasteiger charge is 2.07. The van der Waals surface area contributed by atoms with Crippen LogP contribution in [0, 0.1) is 6.92 Å². The highest BCUT2D eigenvalue weighted by Crippen LogP contribution is 2.24. The Morgan fingerprint density at radius 1 is 1.25 bits per heavy atom. The van der Waals surface area contributed by atoms with Crippen LogP contribution >= 0.6 is 23.2 Å². The zero-order valence-electron chi connectivity index (χ0n) is 10.8. The van der Waals surface area contributed by atoms with Gasteiger partial charge < -0.3 is 9.14 Å². The summed E-state index contributed by atoms with van der Waals surface area (Å²) in [6.07, 6.45) is 3.90. The highest BCUT2D eigenvalue weighted by molar-refractivity contribution is 6.35. The van der Waals surface area contributed by atoms with E-state index in [0.29, 0.717) is 16.7 Å². The van der Waals surface area contributed by atoms with Crippen molar-refractivity contribution in [3.05, 3.63) is 64.0 Å². The van der Waals surface area contributed by atoms with Crippen molar-refractivity contribution in [2.45, 2.75) is 13.5 Å². The Bertz CT molecular complexity index is 768. The van der Waals surface area contributed by atoms with Gasteiger partial charge in [-0.25, -0.2) is 4.98 Å². The molecule has 20 heavy (non-hydrogen) atoms. The maximum atomic E-state index is 6.13. The largest absolute Gasteiger partial charge is 0.485 e. The topological polar surface area (TPSA) is 26.5 Å². The van der Waals surface area contributed by atoms with Gasteiger partial charge in [-0.05, 0) is 31.2 Å². The van der Waals surface area contributed by atoms with E-state index in [4.69, 9.17) is 27.9 Å². The van der Waals surface area contributed by atoms with Crippen LogP contribution in [0.3, 0.4) is 0 Å². The second-order valence-corrected chi connectivity index (χ2v) is 5.35. The zero-order valence-corrected chi connectivity index (χ0v) is 12.3. The lowest BCUT2D eigenvalue weighted by Gasteiger charge is -2.09. The van der Waals surface area contributed by atoms with E-state index in [0.717, 1.165) is 22.7 Å². The Labute approximate surface area is 126 Å². The predicted octanol–water partition coefficient (Wildman–Crippen LogP) is 4.53. The third kappa shape index (κ3) is 2.60. The van der Waals surface area contributed by atoms with Gasteiger partial charge in [0.2, 0.25) is 0 Å². The molecule has 2 aromatic heterocycles. The molecule has 0 spiro atoms. The van der Waals surface area contributed by atoms with E-state index in [1.54, 1.807) is 12.1 Å². The van der Waals surface area contributed by atoms with Crippen LogP contribution in [0.4, 0.5) is 0 Å². The van der Waals surface area contributed by atoms with Crippen molar-refractivity contribution in [1.82, 2.24) is 9.38 Å². The maximum Gasteiger partial charge on any atom is 0.179 e. The Balaban J connectivity index is 1.86. The molecule has 5 heteroatoms. The molecule has 0 amide bonds. The van der Waals surface area contributed by atoms with Gasteiger partial charge in [0.15, 0.2) is 11.4 Å². The minimum Gasteiger partial charge on any atom is -0.485 e. The third-order valence-corrected chi connectivity index (χ3v) is 3.55. The summed E-state index contributed by atoms with van der Waals surface area (Å²) in [5.41, 5.74) is 2.64. The molecule has 102 valence electrons. The molecule has 0 aliphatic heterocycles. The molecule has 0 aliphatic carbocycles. The minimum atomic E-state index is 0.377. The van der Waals surface area contributed by atoms with Gasteiger partial charge in [0.1, 0.15) is 6.61 Å². The fraction of sp³-hybridized carbons (Fsp3) is 0.133. The molecular formula is C15H12Cl2N2O. The van der Waals surface area contributed by atoms with E-state index in [1.807, 2.05) is 41.9 Å². The third-order valence-electron chi connectivity index (χ3n) is 2.97. The molecule has 0 unspecified atom stereocenters. The number of halogens is 2. The molecule has 0 bridgehead atoms. The number of aromatic nitrogens is 2. The molecule has 0 fully saturated rings. The quantitative estimate of drug-likeness (QED) is 0.711. The standard InChI is InChI=1S/C15H12Cl2N2O/c1-10-8-19-6-2-3-14(15(19)18-10)20-9-11-4-5-12(16)7-13(11)17/h2-8H,9H2,1H3. The number of pyridine rings is 1. The lowest BCUT2D eigenvalue weighted by molar-refractivity contribution is 0.308. The molecule has 3 aromatic rings. The predicted molar refractivity (Wildman–Crippen MR) is 80.7 cm³/mol. The maximum absolute atomic E-state index is 6.13. The molecule has 1 aromatic carbocycles. The second kappa shape index (κ2) is 5.35. The van der Waals surface area contributed by atoms with Gasteiger partial charge in [-0.2, -0.15) is 0 Å². The first-order valence-corrected chi connectivity index (χ1v) is 6.90. The van der Waals surface area contributed by atoms with Crippen LogP contribution in [0.1, 0.15) is 11.3 Å². The molecule has 3 nitrogen and oxygen atoms in total. The molecule has 2 heterocycles. The first-order valence-electron chi connectivity index (χ1n) is 6.14. The first kappa shape index (κ1) is 13.3. The fourth-order valence-corrected chi connectivity index (χ4v) is 2.48. The zero-order chi connectivity index (χ0) is 14.1. The number of imidazole rings is 1. The fourth-order valence-electron chi connectivity index (χ4n) is 2.02. The van der Waals surface area contributed by atoms with Gasteiger partial charge in [-0.15, -0.1) is 0 Å². The van der Waals surface area contributed by atoms with E-state index in [1.165, 1.54) is 0 Å². The van der Waals surface area contributed by atoms with Crippen LogP contribution in [0.2, 0.25) is 10.0 Å². The summed E-state index contributed by atoms with van der Waals surface area (Å²) in [6, 6.07) is 9.19. The van der Waals surface area contributed by atoms with E-state index in [9.17, 15) is 0 Å². The van der Waals surface area contributed by atoms with Gasteiger partial charge in [0.05, 0.1) is 5.69 Å². The smallest absolute Gasteiger partial charge is 0.179 e. The van der Waals surface area contributed by atoms with Crippen LogP contribution in [0.25, 0.3) is 5.65 Å². The van der Waals surface area contributed by atoms with E-state index in [-0.39, 0.29) is 0 Å². The lowest BCUT2D eigenvalue weighted by atomic mass is 10.2. The number of hydrogen-bond acceptors (Lipinski definition) is 2.